The van der Waals surface area contributed by atoms with Gasteiger partial charge in [0.25, 0.3) is 0 Å². The molecule has 0 bridgehead atoms. The van der Waals surface area contributed by atoms with E-state index in [2.05, 4.69) is 36.1 Å². The average Bonchev–Trinajstić information content (AvgIpc) is 2.58. The van der Waals surface area contributed by atoms with E-state index in [-0.39, 0.29) is 0 Å². The van der Waals surface area contributed by atoms with Crippen LogP contribution in [0.3, 0.4) is 0 Å². The van der Waals surface area contributed by atoms with Crippen molar-refractivity contribution in [3.05, 3.63) is 18.2 Å². The van der Waals surface area contributed by atoms with E-state index in [0.717, 1.165) is 22.7 Å². The summed E-state index contributed by atoms with van der Waals surface area (Å²) in [5.41, 5.74) is 8.37. The Morgan fingerprint density at radius 1 is 1.31 bits per heavy atom. The third kappa shape index (κ3) is 2.10. The molecule has 16 heavy (non-hydrogen) atoms. The fourth-order valence-corrected chi connectivity index (χ4v) is 1.48. The van der Waals surface area contributed by atoms with Crippen LogP contribution >= 0.6 is 0 Å². The van der Waals surface area contributed by atoms with Crippen LogP contribution in [0.15, 0.2) is 18.2 Å². The third-order valence-corrected chi connectivity index (χ3v) is 2.87. The van der Waals surface area contributed by atoms with Crippen LogP contribution in [0.1, 0.15) is 20.8 Å². The number of benzene rings is 1. The van der Waals surface area contributed by atoms with Crippen molar-refractivity contribution >= 4 is 22.7 Å². The highest BCUT2D eigenvalue weighted by atomic mass is 15.1. The molecule has 0 amide bonds. The number of fused-ring (bicyclic) bond motifs is 1. The first-order chi connectivity index (χ1) is 7.56. The minimum absolute atomic E-state index is 0.387. The normalized spacial score (nSPS) is 13.2. The highest BCUT2D eigenvalue weighted by Crippen LogP contribution is 2.18. The zero-order chi connectivity index (χ0) is 11.7. The van der Waals surface area contributed by atoms with Gasteiger partial charge in [-0.3, -0.25) is 0 Å². The summed E-state index contributed by atoms with van der Waals surface area (Å²) in [7, 11) is 0. The van der Waals surface area contributed by atoms with E-state index in [9.17, 15) is 0 Å². The summed E-state index contributed by atoms with van der Waals surface area (Å²) in [6.45, 7) is 6.50. The molecule has 1 aromatic heterocycles. The summed E-state index contributed by atoms with van der Waals surface area (Å²) in [6, 6.07) is 6.07. The molecule has 1 atom stereocenters. The van der Waals surface area contributed by atoms with Gasteiger partial charge in [0.15, 0.2) is 0 Å². The second kappa shape index (κ2) is 4.04. The summed E-state index contributed by atoms with van der Waals surface area (Å²) in [4.78, 5) is 7.67. The van der Waals surface area contributed by atoms with Gasteiger partial charge in [-0.1, -0.05) is 13.8 Å². The van der Waals surface area contributed by atoms with Gasteiger partial charge in [-0.05, 0) is 31.0 Å². The Hall–Kier alpha value is -1.71. The van der Waals surface area contributed by atoms with Crippen LogP contribution in [0, 0.1) is 5.92 Å². The maximum atomic E-state index is 5.71. The lowest BCUT2D eigenvalue weighted by Crippen LogP contribution is -2.22. The largest absolute Gasteiger partial charge is 0.399 e. The van der Waals surface area contributed by atoms with Crippen molar-refractivity contribution in [3.63, 3.8) is 0 Å². The van der Waals surface area contributed by atoms with Crippen molar-refractivity contribution in [2.45, 2.75) is 26.8 Å². The van der Waals surface area contributed by atoms with Gasteiger partial charge in [-0.15, -0.1) is 0 Å². The number of nitrogens with one attached hydrogen (secondary N) is 2. The number of aromatic nitrogens is 2. The van der Waals surface area contributed by atoms with Crippen molar-refractivity contribution in [1.29, 1.82) is 0 Å². The van der Waals surface area contributed by atoms with E-state index >= 15 is 0 Å². The maximum absolute atomic E-state index is 5.71. The van der Waals surface area contributed by atoms with Gasteiger partial charge in [0.1, 0.15) is 0 Å². The monoisotopic (exact) mass is 218 g/mol. The van der Waals surface area contributed by atoms with Crippen LogP contribution in [0.2, 0.25) is 0 Å². The molecule has 0 aliphatic rings. The molecule has 2 rings (SSSR count). The minimum atomic E-state index is 0.387. The number of hydrogen-bond acceptors (Lipinski definition) is 3. The van der Waals surface area contributed by atoms with Gasteiger partial charge in [0.2, 0.25) is 5.95 Å². The van der Waals surface area contributed by atoms with E-state index in [4.69, 9.17) is 5.73 Å². The molecule has 4 heteroatoms. The van der Waals surface area contributed by atoms with E-state index in [1.165, 1.54) is 0 Å². The summed E-state index contributed by atoms with van der Waals surface area (Å²) in [5, 5.41) is 3.34. The molecule has 0 spiro atoms. The molecule has 0 aliphatic heterocycles. The summed E-state index contributed by atoms with van der Waals surface area (Å²) in [6.07, 6.45) is 0. The Balaban J connectivity index is 2.26. The smallest absolute Gasteiger partial charge is 0.201 e. The first-order valence-corrected chi connectivity index (χ1v) is 5.58. The predicted octanol–water partition coefficient (Wildman–Crippen LogP) is 2.60. The van der Waals surface area contributed by atoms with E-state index < -0.39 is 0 Å². The molecule has 1 aromatic carbocycles. The van der Waals surface area contributed by atoms with Crippen molar-refractivity contribution in [2.75, 3.05) is 11.1 Å². The zero-order valence-electron chi connectivity index (χ0n) is 9.91. The van der Waals surface area contributed by atoms with Crippen LogP contribution in [0.5, 0.6) is 0 Å². The summed E-state index contributed by atoms with van der Waals surface area (Å²) in [5.74, 6) is 1.38. The van der Waals surface area contributed by atoms with E-state index in [1.807, 2.05) is 18.2 Å². The second-order valence-electron chi connectivity index (χ2n) is 4.54. The van der Waals surface area contributed by atoms with Crippen LogP contribution < -0.4 is 11.1 Å². The molecular weight excluding hydrogens is 200 g/mol. The quantitative estimate of drug-likeness (QED) is 0.694. The van der Waals surface area contributed by atoms with E-state index in [0.29, 0.717) is 12.0 Å². The Morgan fingerprint density at radius 2 is 2.06 bits per heavy atom. The van der Waals surface area contributed by atoms with Gasteiger partial charge in [-0.2, -0.15) is 0 Å². The topological polar surface area (TPSA) is 66.7 Å². The number of anilines is 2. The predicted molar refractivity (Wildman–Crippen MR) is 68.4 cm³/mol. The van der Waals surface area contributed by atoms with Crippen molar-refractivity contribution in [3.8, 4) is 0 Å². The molecule has 0 aliphatic carbocycles. The van der Waals surface area contributed by atoms with Gasteiger partial charge < -0.3 is 16.0 Å². The summed E-state index contributed by atoms with van der Waals surface area (Å²) < 4.78 is 0. The summed E-state index contributed by atoms with van der Waals surface area (Å²) >= 11 is 0. The number of nitrogen functional groups attached to an aromatic ring is 1. The van der Waals surface area contributed by atoms with Crippen LogP contribution in [-0.4, -0.2) is 16.0 Å². The Labute approximate surface area is 95.3 Å². The highest BCUT2D eigenvalue weighted by molar-refractivity contribution is 5.80. The molecular formula is C12H18N4. The Morgan fingerprint density at radius 3 is 2.75 bits per heavy atom. The highest BCUT2D eigenvalue weighted by Gasteiger charge is 2.09. The van der Waals surface area contributed by atoms with Gasteiger partial charge in [-0.25, -0.2) is 4.98 Å². The molecule has 2 aromatic rings. The van der Waals surface area contributed by atoms with Crippen molar-refractivity contribution < 1.29 is 0 Å². The number of nitrogens with zero attached hydrogens (tertiary/aromatic N) is 1. The molecule has 0 saturated carbocycles. The first kappa shape index (κ1) is 10.8. The van der Waals surface area contributed by atoms with Gasteiger partial charge in [0.05, 0.1) is 11.0 Å². The molecule has 0 saturated heterocycles. The number of rotatable bonds is 3. The average molecular weight is 218 g/mol. The number of H-pyrrole nitrogens is 1. The molecule has 1 heterocycles. The van der Waals surface area contributed by atoms with Crippen molar-refractivity contribution in [1.82, 2.24) is 9.97 Å². The number of aromatic amines is 1. The lowest BCUT2D eigenvalue weighted by molar-refractivity contribution is 0.557. The molecule has 86 valence electrons. The standard InChI is InChI=1S/C12H18N4/c1-7(2)8(3)14-12-15-10-5-4-9(13)6-11(10)16-12/h4-8H,13H2,1-3H3,(H2,14,15,16). The number of hydrogen-bond donors (Lipinski definition) is 3. The zero-order valence-corrected chi connectivity index (χ0v) is 9.91. The maximum Gasteiger partial charge on any atom is 0.201 e. The van der Waals surface area contributed by atoms with Gasteiger partial charge in [0, 0.05) is 11.7 Å². The fraction of sp³-hybridized carbons (Fsp3) is 0.417. The minimum Gasteiger partial charge on any atom is -0.399 e. The molecule has 4 N–H and O–H groups in total. The lowest BCUT2D eigenvalue weighted by atomic mass is 10.1. The lowest BCUT2D eigenvalue weighted by Gasteiger charge is -2.16. The van der Waals surface area contributed by atoms with Gasteiger partial charge >= 0.3 is 0 Å². The van der Waals surface area contributed by atoms with Crippen LogP contribution in [0.4, 0.5) is 11.6 Å². The molecule has 0 radical (unpaired) electrons. The molecule has 1 unspecified atom stereocenters. The first-order valence-electron chi connectivity index (χ1n) is 5.58. The molecule has 0 fully saturated rings. The van der Waals surface area contributed by atoms with Crippen LogP contribution in [0.25, 0.3) is 11.0 Å². The van der Waals surface area contributed by atoms with Crippen LogP contribution in [-0.2, 0) is 0 Å². The van der Waals surface area contributed by atoms with E-state index in [1.54, 1.807) is 0 Å². The SMILES string of the molecule is CC(C)C(C)Nc1nc2ccc(N)cc2[nH]1. The Bertz CT molecular complexity index is 487. The third-order valence-electron chi connectivity index (χ3n) is 2.87. The Kier molecular flexibility index (Phi) is 2.73. The molecule has 4 nitrogen and oxygen atoms in total. The second-order valence-corrected chi connectivity index (χ2v) is 4.54. The fourth-order valence-electron chi connectivity index (χ4n) is 1.48. The van der Waals surface area contributed by atoms with Crippen molar-refractivity contribution in [2.24, 2.45) is 5.92 Å². The number of nitrogens with two attached hydrogens (primary N) is 1. The number of imidazole rings is 1.